The maximum absolute atomic E-state index is 10.7. The molecular formula is C14H16O2. The fraction of sp³-hybridized carbons (Fsp3) is 0.214. The highest BCUT2D eigenvalue weighted by Crippen LogP contribution is 2.21. The van der Waals surface area contributed by atoms with Gasteiger partial charge in [0.15, 0.2) is 0 Å². The lowest BCUT2D eigenvalue weighted by atomic mass is 10.1. The Morgan fingerprint density at radius 1 is 1.50 bits per heavy atom. The van der Waals surface area contributed by atoms with Crippen molar-refractivity contribution >= 4 is 6.29 Å². The smallest absolute Gasteiger partial charge is 0.150 e. The SMILES string of the molecule is C=CCc1cc(C=O)ccc1OCC(=C)C. The summed E-state index contributed by atoms with van der Waals surface area (Å²) in [5.41, 5.74) is 2.59. The summed E-state index contributed by atoms with van der Waals surface area (Å²) in [6.45, 7) is 9.86. The van der Waals surface area contributed by atoms with E-state index in [9.17, 15) is 4.79 Å². The second-order valence-electron chi connectivity index (χ2n) is 3.72. The van der Waals surface area contributed by atoms with Crippen molar-refractivity contribution in [2.75, 3.05) is 6.61 Å². The summed E-state index contributed by atoms with van der Waals surface area (Å²) >= 11 is 0. The first-order valence-corrected chi connectivity index (χ1v) is 5.13. The van der Waals surface area contributed by atoms with Crippen LogP contribution in [0, 0.1) is 0 Å². The number of hydrogen-bond acceptors (Lipinski definition) is 2. The minimum atomic E-state index is 0.491. The Kier molecular flexibility index (Phi) is 4.52. The zero-order valence-corrected chi connectivity index (χ0v) is 9.53. The van der Waals surface area contributed by atoms with Crippen molar-refractivity contribution in [1.29, 1.82) is 0 Å². The van der Waals surface area contributed by atoms with Crippen molar-refractivity contribution in [2.45, 2.75) is 13.3 Å². The van der Waals surface area contributed by atoms with Gasteiger partial charge in [-0.1, -0.05) is 12.7 Å². The van der Waals surface area contributed by atoms with Gasteiger partial charge < -0.3 is 4.74 Å². The normalized spacial score (nSPS) is 9.56. The van der Waals surface area contributed by atoms with Crippen LogP contribution < -0.4 is 4.74 Å². The maximum atomic E-state index is 10.7. The molecular weight excluding hydrogens is 200 g/mol. The van der Waals surface area contributed by atoms with Crippen LogP contribution in [0.1, 0.15) is 22.8 Å². The molecule has 0 amide bonds. The molecule has 1 rings (SSSR count). The van der Waals surface area contributed by atoms with Gasteiger partial charge in [0.05, 0.1) is 0 Å². The van der Waals surface area contributed by atoms with Gasteiger partial charge in [0.25, 0.3) is 0 Å². The first-order chi connectivity index (χ1) is 7.67. The Labute approximate surface area is 96.2 Å². The van der Waals surface area contributed by atoms with Crippen LogP contribution in [-0.4, -0.2) is 12.9 Å². The van der Waals surface area contributed by atoms with E-state index in [1.54, 1.807) is 12.1 Å². The lowest BCUT2D eigenvalue weighted by molar-refractivity contribution is 0.112. The zero-order valence-electron chi connectivity index (χ0n) is 9.53. The maximum Gasteiger partial charge on any atom is 0.150 e. The van der Waals surface area contributed by atoms with E-state index >= 15 is 0 Å². The molecule has 0 aliphatic heterocycles. The molecule has 0 atom stereocenters. The van der Waals surface area contributed by atoms with E-state index in [2.05, 4.69) is 13.2 Å². The number of ether oxygens (including phenoxy) is 1. The fourth-order valence-electron chi connectivity index (χ4n) is 1.33. The van der Waals surface area contributed by atoms with E-state index in [0.717, 1.165) is 23.2 Å². The lowest BCUT2D eigenvalue weighted by Crippen LogP contribution is -2.01. The van der Waals surface area contributed by atoms with Crippen molar-refractivity contribution in [3.05, 3.63) is 54.1 Å². The van der Waals surface area contributed by atoms with E-state index in [4.69, 9.17) is 4.74 Å². The van der Waals surface area contributed by atoms with Gasteiger partial charge in [0.1, 0.15) is 18.6 Å². The van der Waals surface area contributed by atoms with Crippen LogP contribution in [-0.2, 0) is 6.42 Å². The number of carbonyl (C=O) groups excluding carboxylic acids is 1. The number of allylic oxidation sites excluding steroid dienone is 1. The van der Waals surface area contributed by atoms with Crippen molar-refractivity contribution < 1.29 is 9.53 Å². The molecule has 2 nitrogen and oxygen atoms in total. The largest absolute Gasteiger partial charge is 0.489 e. The first-order valence-electron chi connectivity index (χ1n) is 5.13. The van der Waals surface area contributed by atoms with Gasteiger partial charge in [-0.25, -0.2) is 0 Å². The summed E-state index contributed by atoms with van der Waals surface area (Å²) in [4.78, 5) is 10.7. The molecule has 0 aliphatic rings. The number of aldehydes is 1. The molecule has 0 N–H and O–H groups in total. The van der Waals surface area contributed by atoms with Gasteiger partial charge in [-0.3, -0.25) is 4.79 Å². The molecule has 2 heteroatoms. The molecule has 0 bridgehead atoms. The molecule has 0 aliphatic carbocycles. The molecule has 0 aromatic heterocycles. The van der Waals surface area contributed by atoms with E-state index in [1.165, 1.54) is 0 Å². The predicted molar refractivity (Wildman–Crippen MR) is 66.0 cm³/mol. The zero-order chi connectivity index (χ0) is 12.0. The number of hydrogen-bond donors (Lipinski definition) is 0. The van der Waals surface area contributed by atoms with Crippen LogP contribution in [0.5, 0.6) is 5.75 Å². The van der Waals surface area contributed by atoms with E-state index in [0.29, 0.717) is 18.6 Å². The third-order valence-electron chi connectivity index (χ3n) is 2.06. The van der Waals surface area contributed by atoms with Crippen molar-refractivity contribution in [3.8, 4) is 5.75 Å². The van der Waals surface area contributed by atoms with Crippen molar-refractivity contribution in [3.63, 3.8) is 0 Å². The van der Waals surface area contributed by atoms with E-state index < -0.39 is 0 Å². The van der Waals surface area contributed by atoms with E-state index in [1.807, 2.05) is 19.1 Å². The molecule has 0 radical (unpaired) electrons. The Morgan fingerprint density at radius 3 is 2.81 bits per heavy atom. The van der Waals surface area contributed by atoms with Crippen molar-refractivity contribution in [2.24, 2.45) is 0 Å². The molecule has 1 aromatic carbocycles. The Bertz CT molecular complexity index is 405. The molecule has 0 unspecified atom stereocenters. The highest BCUT2D eigenvalue weighted by atomic mass is 16.5. The topological polar surface area (TPSA) is 26.3 Å². The minimum absolute atomic E-state index is 0.491. The third-order valence-corrected chi connectivity index (χ3v) is 2.06. The number of rotatable bonds is 6. The van der Waals surface area contributed by atoms with Gasteiger partial charge in [0, 0.05) is 5.56 Å². The highest BCUT2D eigenvalue weighted by Gasteiger charge is 2.03. The van der Waals surface area contributed by atoms with Gasteiger partial charge in [-0.15, -0.1) is 6.58 Å². The molecule has 0 fully saturated rings. The predicted octanol–water partition coefficient (Wildman–Crippen LogP) is 3.18. The van der Waals surface area contributed by atoms with Gasteiger partial charge in [0.2, 0.25) is 0 Å². The number of carbonyl (C=O) groups is 1. The molecule has 0 saturated heterocycles. The summed E-state index contributed by atoms with van der Waals surface area (Å²) in [6, 6.07) is 5.38. The Morgan fingerprint density at radius 2 is 2.25 bits per heavy atom. The average Bonchev–Trinajstić information content (AvgIpc) is 2.27. The lowest BCUT2D eigenvalue weighted by Gasteiger charge is -2.10. The summed E-state index contributed by atoms with van der Waals surface area (Å²) < 4.78 is 5.59. The van der Waals surface area contributed by atoms with Crippen LogP contribution in [0.3, 0.4) is 0 Å². The highest BCUT2D eigenvalue weighted by molar-refractivity contribution is 5.75. The molecule has 0 heterocycles. The monoisotopic (exact) mass is 216 g/mol. The summed E-state index contributed by atoms with van der Waals surface area (Å²) in [5.74, 6) is 0.786. The Balaban J connectivity index is 2.92. The summed E-state index contributed by atoms with van der Waals surface area (Å²) in [5, 5.41) is 0. The fourth-order valence-corrected chi connectivity index (χ4v) is 1.33. The van der Waals surface area contributed by atoms with Crippen LogP contribution in [0.4, 0.5) is 0 Å². The quantitative estimate of drug-likeness (QED) is 0.539. The van der Waals surface area contributed by atoms with Crippen LogP contribution in [0.15, 0.2) is 43.0 Å². The summed E-state index contributed by atoms with van der Waals surface area (Å²) in [6.07, 6.45) is 3.31. The van der Waals surface area contributed by atoms with Crippen LogP contribution in [0.2, 0.25) is 0 Å². The Hall–Kier alpha value is -1.83. The van der Waals surface area contributed by atoms with Crippen molar-refractivity contribution in [1.82, 2.24) is 0 Å². The average molecular weight is 216 g/mol. The molecule has 84 valence electrons. The van der Waals surface area contributed by atoms with E-state index in [-0.39, 0.29) is 0 Å². The number of benzene rings is 1. The molecule has 16 heavy (non-hydrogen) atoms. The first kappa shape index (κ1) is 12.2. The standard InChI is InChI=1S/C14H16O2/c1-4-5-13-8-12(9-15)6-7-14(13)16-10-11(2)3/h4,6-9H,1-2,5,10H2,3H3. The minimum Gasteiger partial charge on any atom is -0.489 e. The van der Waals surface area contributed by atoms with Gasteiger partial charge >= 0.3 is 0 Å². The molecule has 0 spiro atoms. The third kappa shape index (κ3) is 3.39. The van der Waals surface area contributed by atoms with Gasteiger partial charge in [-0.2, -0.15) is 0 Å². The summed E-state index contributed by atoms with van der Waals surface area (Å²) in [7, 11) is 0. The van der Waals surface area contributed by atoms with Crippen LogP contribution >= 0.6 is 0 Å². The molecule has 0 saturated carbocycles. The molecule has 1 aromatic rings. The van der Waals surface area contributed by atoms with Crippen LogP contribution in [0.25, 0.3) is 0 Å². The second kappa shape index (κ2) is 5.91. The van der Waals surface area contributed by atoms with Gasteiger partial charge in [-0.05, 0) is 42.7 Å². The second-order valence-corrected chi connectivity index (χ2v) is 3.72.